The van der Waals surface area contributed by atoms with Gasteiger partial charge in [-0.1, -0.05) is 42.5 Å². The number of fused-ring (bicyclic) bond motifs is 3. The van der Waals surface area contributed by atoms with Gasteiger partial charge in [0.15, 0.2) is 0 Å². The lowest BCUT2D eigenvalue weighted by Crippen LogP contribution is -2.72. The van der Waals surface area contributed by atoms with Crippen molar-refractivity contribution in [1.29, 1.82) is 0 Å². The zero-order chi connectivity index (χ0) is 24.4. The molecule has 4 unspecified atom stereocenters. The Bertz CT molecular complexity index is 1100. The van der Waals surface area contributed by atoms with Crippen LogP contribution in [0, 0.1) is 27.2 Å². The summed E-state index contributed by atoms with van der Waals surface area (Å²) in [6.07, 6.45) is 2.02. The SMILES string of the molecule is NC(N)=[NH+]c1ccc(C2C3C(=O)N(Cc4ccccc4)C(=O)C3C3CCCN32)cc1.O=[N+]([O-])[O-]. The number of guanidine groups is 1. The number of carbonyl (C=O) groups is 2. The zero-order valence-electron chi connectivity index (χ0n) is 18.4. The van der Waals surface area contributed by atoms with Gasteiger partial charge in [0, 0.05) is 12.1 Å². The van der Waals surface area contributed by atoms with E-state index in [0.29, 0.717) is 6.54 Å². The molecule has 4 atom stereocenters. The largest absolute Gasteiger partial charge is 0.356 e. The van der Waals surface area contributed by atoms with Crippen LogP contribution >= 0.6 is 0 Å². The van der Waals surface area contributed by atoms with E-state index >= 15 is 0 Å². The Morgan fingerprint density at radius 1 is 1.00 bits per heavy atom. The number of carbonyl (C=O) groups excluding carboxylic acids is 2. The van der Waals surface area contributed by atoms with Crippen molar-refractivity contribution in [2.45, 2.75) is 31.5 Å². The van der Waals surface area contributed by atoms with E-state index < -0.39 is 5.09 Å². The number of nitrogens with zero attached hydrogens (tertiary/aromatic N) is 3. The average Bonchev–Trinajstić information content (AvgIpc) is 3.43. The van der Waals surface area contributed by atoms with Gasteiger partial charge in [-0.15, -0.1) is 0 Å². The summed E-state index contributed by atoms with van der Waals surface area (Å²) in [5.74, 6) is -0.501. The number of nitrogens with two attached hydrogens (primary N) is 2. The van der Waals surface area contributed by atoms with Crippen molar-refractivity contribution >= 4 is 23.5 Å². The highest BCUT2D eigenvalue weighted by atomic mass is 16.9. The zero-order valence-corrected chi connectivity index (χ0v) is 18.4. The third-order valence-corrected chi connectivity index (χ3v) is 6.67. The van der Waals surface area contributed by atoms with Crippen LogP contribution in [0.1, 0.15) is 30.0 Å². The molecule has 3 saturated heterocycles. The summed E-state index contributed by atoms with van der Waals surface area (Å²) in [7, 11) is 0. The van der Waals surface area contributed by atoms with Crippen molar-refractivity contribution in [3.05, 3.63) is 81.0 Å². The molecule has 5 rings (SSSR count). The van der Waals surface area contributed by atoms with E-state index in [1.807, 2.05) is 54.6 Å². The third kappa shape index (κ3) is 4.42. The highest BCUT2D eigenvalue weighted by molar-refractivity contribution is 6.06. The van der Waals surface area contributed by atoms with Gasteiger partial charge in [0.05, 0.1) is 29.2 Å². The molecule has 2 aromatic carbocycles. The lowest BCUT2D eigenvalue weighted by molar-refractivity contribution is -0.402. The topological polar surface area (TPSA) is 173 Å². The number of likely N-dealkylation sites (tertiary alicyclic amines) is 1. The van der Waals surface area contributed by atoms with Crippen molar-refractivity contribution in [1.82, 2.24) is 9.80 Å². The molecule has 34 heavy (non-hydrogen) atoms. The highest BCUT2D eigenvalue weighted by Gasteiger charge is 2.62. The molecule has 3 fully saturated rings. The first-order valence-electron chi connectivity index (χ1n) is 11.0. The van der Waals surface area contributed by atoms with Gasteiger partial charge in [0.2, 0.25) is 11.8 Å². The Kier molecular flexibility index (Phi) is 6.46. The second-order valence-corrected chi connectivity index (χ2v) is 8.62. The first-order chi connectivity index (χ1) is 16.3. The maximum absolute atomic E-state index is 13.5. The van der Waals surface area contributed by atoms with Gasteiger partial charge in [0.25, 0.3) is 0 Å². The van der Waals surface area contributed by atoms with E-state index in [2.05, 4.69) is 9.89 Å². The van der Waals surface area contributed by atoms with Gasteiger partial charge in [-0.2, -0.15) is 0 Å². The molecule has 3 aliphatic rings. The maximum Gasteiger partial charge on any atom is 0.343 e. The van der Waals surface area contributed by atoms with Crippen molar-refractivity contribution in [3.63, 3.8) is 0 Å². The van der Waals surface area contributed by atoms with Gasteiger partial charge >= 0.3 is 5.96 Å². The molecule has 178 valence electrons. The van der Waals surface area contributed by atoms with Gasteiger partial charge in [-0.05, 0) is 42.6 Å². The smallest absolute Gasteiger partial charge is 0.343 e. The molecule has 0 aromatic heterocycles. The van der Waals surface area contributed by atoms with Crippen LogP contribution in [0.15, 0.2) is 54.6 Å². The molecular weight excluding hydrogens is 440 g/mol. The first-order valence-corrected chi connectivity index (χ1v) is 11.0. The number of imide groups is 1. The minimum absolute atomic E-state index is 0.0166. The number of rotatable bonds is 4. The molecule has 3 aliphatic heterocycles. The van der Waals surface area contributed by atoms with Gasteiger partial charge in [0.1, 0.15) is 0 Å². The van der Waals surface area contributed by atoms with Crippen molar-refractivity contribution < 1.29 is 19.7 Å². The number of nitrogens with one attached hydrogen (secondary N) is 1. The van der Waals surface area contributed by atoms with Gasteiger partial charge < -0.3 is 15.3 Å². The quantitative estimate of drug-likeness (QED) is 0.182. The Hall–Kier alpha value is -3.99. The Balaban J connectivity index is 0.000000636. The fraction of sp³-hybridized carbons (Fsp3) is 0.348. The molecular formula is C23H26N6O5. The van der Waals surface area contributed by atoms with E-state index in [9.17, 15) is 9.59 Å². The van der Waals surface area contributed by atoms with Crippen molar-refractivity contribution in [3.8, 4) is 0 Å². The molecule has 0 bridgehead atoms. The molecule has 0 radical (unpaired) electrons. The summed E-state index contributed by atoms with van der Waals surface area (Å²) in [4.78, 5) is 41.8. The molecule has 2 amide bonds. The second-order valence-electron chi connectivity index (χ2n) is 8.62. The van der Waals surface area contributed by atoms with Crippen LogP contribution in [0.4, 0.5) is 5.69 Å². The second kappa shape index (κ2) is 9.48. The Morgan fingerprint density at radius 2 is 1.62 bits per heavy atom. The lowest BCUT2D eigenvalue weighted by Gasteiger charge is -2.28. The standard InChI is InChI=1S/C23H25N5O2.NO3/c24-23(25)26-16-10-8-15(9-11-16)20-19-18(17-7-4-12-27(17)20)21(29)28(22(19)30)13-14-5-2-1-3-6-14;2-1(3)4/h1-3,5-6,8-11,17-20H,4,7,12-13H2,(H4,24,25,26);/q;-1/p+1. The predicted octanol–water partition coefficient (Wildman–Crippen LogP) is -0.246. The summed E-state index contributed by atoms with van der Waals surface area (Å²) < 4.78 is 0. The molecule has 0 spiro atoms. The molecule has 0 aliphatic carbocycles. The third-order valence-electron chi connectivity index (χ3n) is 6.67. The van der Waals surface area contributed by atoms with Crippen molar-refractivity contribution in [2.75, 3.05) is 6.54 Å². The molecule has 0 saturated carbocycles. The summed E-state index contributed by atoms with van der Waals surface area (Å²) in [5, 5.41) is 14.8. The lowest BCUT2D eigenvalue weighted by atomic mass is 9.85. The normalized spacial score (nSPS) is 25.4. The number of hydrogen-bond donors (Lipinski definition) is 3. The van der Waals surface area contributed by atoms with Crippen LogP contribution in [0.2, 0.25) is 0 Å². The minimum Gasteiger partial charge on any atom is -0.356 e. The summed E-state index contributed by atoms with van der Waals surface area (Å²) in [6, 6.07) is 17.6. The molecule has 3 heterocycles. The first kappa shape index (κ1) is 23.2. The summed E-state index contributed by atoms with van der Waals surface area (Å²) >= 11 is 0. The predicted molar refractivity (Wildman–Crippen MR) is 122 cm³/mol. The molecule has 11 nitrogen and oxygen atoms in total. The van der Waals surface area contributed by atoms with E-state index in [0.717, 1.165) is 36.2 Å². The number of hydrogen-bond acceptors (Lipinski definition) is 6. The molecule has 2 aromatic rings. The van der Waals surface area contributed by atoms with E-state index in [4.69, 9.17) is 26.8 Å². The van der Waals surface area contributed by atoms with Crippen LogP contribution in [0.25, 0.3) is 0 Å². The monoisotopic (exact) mass is 466 g/mol. The Labute approximate surface area is 195 Å². The fourth-order valence-corrected chi connectivity index (χ4v) is 5.51. The van der Waals surface area contributed by atoms with Crippen LogP contribution in [0.3, 0.4) is 0 Å². The van der Waals surface area contributed by atoms with Crippen LogP contribution in [-0.2, 0) is 16.1 Å². The van der Waals surface area contributed by atoms with E-state index in [1.165, 1.54) is 4.90 Å². The molecule has 5 N–H and O–H groups in total. The van der Waals surface area contributed by atoms with Gasteiger partial charge in [-0.25, -0.2) is 4.99 Å². The molecule has 11 heteroatoms. The summed E-state index contributed by atoms with van der Waals surface area (Å²) in [6.45, 7) is 1.27. The fourth-order valence-electron chi connectivity index (χ4n) is 5.51. The number of amides is 2. The Morgan fingerprint density at radius 3 is 2.24 bits per heavy atom. The number of benzene rings is 2. The van der Waals surface area contributed by atoms with Crippen molar-refractivity contribution in [2.24, 2.45) is 23.3 Å². The average molecular weight is 466 g/mol. The van der Waals surface area contributed by atoms with E-state index in [-0.39, 0.29) is 41.7 Å². The minimum atomic E-state index is -1.75. The van der Waals surface area contributed by atoms with E-state index in [1.54, 1.807) is 0 Å². The van der Waals surface area contributed by atoms with Crippen LogP contribution in [-0.4, -0.2) is 45.2 Å². The maximum atomic E-state index is 13.5. The van der Waals surface area contributed by atoms with Crippen LogP contribution in [0.5, 0.6) is 0 Å². The van der Waals surface area contributed by atoms with Gasteiger partial charge in [-0.3, -0.25) is 30.9 Å². The highest BCUT2D eigenvalue weighted by Crippen LogP contribution is 2.53. The summed E-state index contributed by atoms with van der Waals surface area (Å²) in [5.41, 5.74) is 13.9. The van der Waals surface area contributed by atoms with Crippen LogP contribution < -0.4 is 16.5 Å².